The van der Waals surface area contributed by atoms with Gasteiger partial charge < -0.3 is 0 Å². The molecule has 0 unspecified atom stereocenters. The molecule has 0 spiro atoms. The number of ketones is 4. The van der Waals surface area contributed by atoms with Crippen LogP contribution in [0.4, 0.5) is 0 Å². The van der Waals surface area contributed by atoms with E-state index in [9.17, 15) is 19.2 Å². The summed E-state index contributed by atoms with van der Waals surface area (Å²) >= 11 is 0. The van der Waals surface area contributed by atoms with Crippen LogP contribution in [0.5, 0.6) is 0 Å². The Bertz CT molecular complexity index is 1400. The maximum absolute atomic E-state index is 12.5. The summed E-state index contributed by atoms with van der Waals surface area (Å²) in [6.07, 6.45) is 0. The summed E-state index contributed by atoms with van der Waals surface area (Å²) in [5.74, 6) is -0.161. The zero-order chi connectivity index (χ0) is 25.7. The van der Waals surface area contributed by atoms with Crippen LogP contribution in [-0.4, -0.2) is 23.1 Å². The normalized spacial score (nSPS) is 13.2. The van der Waals surface area contributed by atoms with Crippen molar-refractivity contribution in [2.75, 3.05) is 0 Å². The SMILES string of the molecule is Cc1ccc(C)c2c1C(=O)c1ccccc1C2=O.Cc1ccc(C)c2c1C(=O)c1ccccc1C2=O. The Labute approximate surface area is 209 Å². The number of benzene rings is 4. The molecule has 0 atom stereocenters. The molecule has 0 saturated carbocycles. The van der Waals surface area contributed by atoms with Gasteiger partial charge in [-0.25, -0.2) is 0 Å². The minimum atomic E-state index is -0.0404. The summed E-state index contributed by atoms with van der Waals surface area (Å²) in [5, 5.41) is 0. The Balaban J connectivity index is 0.000000148. The lowest BCUT2D eigenvalue weighted by Crippen LogP contribution is -2.23. The second-order valence-corrected chi connectivity index (χ2v) is 9.31. The summed E-state index contributed by atoms with van der Waals surface area (Å²) in [5.41, 5.74) is 7.80. The van der Waals surface area contributed by atoms with Gasteiger partial charge in [0.1, 0.15) is 0 Å². The molecule has 0 aliphatic heterocycles. The first-order valence-electron chi connectivity index (χ1n) is 11.8. The van der Waals surface area contributed by atoms with Gasteiger partial charge in [-0.15, -0.1) is 0 Å². The maximum atomic E-state index is 12.5. The van der Waals surface area contributed by atoms with Gasteiger partial charge in [0, 0.05) is 44.5 Å². The molecule has 2 aliphatic rings. The first kappa shape index (κ1) is 23.3. The molecule has 4 heteroatoms. The molecule has 0 saturated heterocycles. The third kappa shape index (κ3) is 3.45. The van der Waals surface area contributed by atoms with Gasteiger partial charge in [0.15, 0.2) is 23.1 Å². The average molecular weight is 473 g/mol. The Morgan fingerprint density at radius 3 is 0.722 bits per heavy atom. The second-order valence-electron chi connectivity index (χ2n) is 9.31. The fraction of sp³-hybridized carbons (Fsp3) is 0.125. The monoisotopic (exact) mass is 472 g/mol. The van der Waals surface area contributed by atoms with E-state index in [-0.39, 0.29) is 23.1 Å². The van der Waals surface area contributed by atoms with Crippen molar-refractivity contribution in [3.63, 3.8) is 0 Å². The molecule has 4 aromatic carbocycles. The first-order valence-corrected chi connectivity index (χ1v) is 11.8. The number of fused-ring (bicyclic) bond motifs is 4. The molecular formula is C32H24O4. The minimum absolute atomic E-state index is 0.0404. The summed E-state index contributed by atoms with van der Waals surface area (Å²) in [6, 6.07) is 21.6. The summed E-state index contributed by atoms with van der Waals surface area (Å²) in [7, 11) is 0. The lowest BCUT2D eigenvalue weighted by molar-refractivity contribution is 0.0978. The molecular weight excluding hydrogens is 448 g/mol. The van der Waals surface area contributed by atoms with E-state index >= 15 is 0 Å². The number of rotatable bonds is 0. The lowest BCUT2D eigenvalue weighted by Gasteiger charge is -2.20. The summed E-state index contributed by atoms with van der Waals surface area (Å²) in [4.78, 5) is 49.9. The van der Waals surface area contributed by atoms with E-state index in [1.54, 1.807) is 48.5 Å². The van der Waals surface area contributed by atoms with Crippen molar-refractivity contribution in [1.82, 2.24) is 0 Å². The van der Waals surface area contributed by atoms with Gasteiger partial charge in [-0.3, -0.25) is 19.2 Å². The van der Waals surface area contributed by atoms with Crippen LogP contribution in [0, 0.1) is 27.7 Å². The third-order valence-electron chi connectivity index (χ3n) is 6.98. The van der Waals surface area contributed by atoms with Crippen molar-refractivity contribution in [2.45, 2.75) is 27.7 Å². The highest BCUT2D eigenvalue weighted by atomic mass is 16.1. The summed E-state index contributed by atoms with van der Waals surface area (Å²) in [6.45, 7) is 7.49. The smallest absolute Gasteiger partial charge is 0.194 e. The largest absolute Gasteiger partial charge is 0.289 e. The number of carbonyl (C=O) groups is 4. The van der Waals surface area contributed by atoms with E-state index in [0.717, 1.165) is 22.3 Å². The molecule has 0 radical (unpaired) electrons. The van der Waals surface area contributed by atoms with Gasteiger partial charge >= 0.3 is 0 Å². The average Bonchev–Trinajstić information content (AvgIpc) is 2.89. The van der Waals surface area contributed by atoms with Crippen molar-refractivity contribution in [1.29, 1.82) is 0 Å². The zero-order valence-electron chi connectivity index (χ0n) is 20.6. The molecule has 176 valence electrons. The second kappa shape index (κ2) is 8.65. The van der Waals surface area contributed by atoms with Crippen molar-refractivity contribution in [3.05, 3.63) is 140 Å². The van der Waals surface area contributed by atoms with Crippen LogP contribution in [0.25, 0.3) is 0 Å². The standard InChI is InChI=1S/2C16H12O2/c2*1-9-7-8-10(2)14-13(9)15(17)11-5-3-4-6-12(11)16(14)18/h2*3-8H,1-2H3. The van der Waals surface area contributed by atoms with Crippen LogP contribution in [0.3, 0.4) is 0 Å². The van der Waals surface area contributed by atoms with Crippen LogP contribution in [0.15, 0.2) is 72.8 Å². The van der Waals surface area contributed by atoms with E-state index in [4.69, 9.17) is 0 Å². The van der Waals surface area contributed by atoms with Crippen LogP contribution in [0.2, 0.25) is 0 Å². The maximum Gasteiger partial charge on any atom is 0.194 e. The van der Waals surface area contributed by atoms with E-state index in [1.807, 2.05) is 52.0 Å². The highest BCUT2D eigenvalue weighted by molar-refractivity contribution is 6.30. The van der Waals surface area contributed by atoms with Crippen LogP contribution in [-0.2, 0) is 0 Å². The predicted octanol–water partition coefficient (Wildman–Crippen LogP) is 6.16. The Hall–Kier alpha value is -4.44. The molecule has 0 fully saturated rings. The summed E-state index contributed by atoms with van der Waals surface area (Å²) < 4.78 is 0. The van der Waals surface area contributed by atoms with E-state index in [1.165, 1.54) is 0 Å². The van der Waals surface area contributed by atoms with Crippen molar-refractivity contribution in [2.24, 2.45) is 0 Å². The van der Waals surface area contributed by atoms with Crippen LogP contribution in [0.1, 0.15) is 85.9 Å². The number of hydrogen-bond donors (Lipinski definition) is 0. The molecule has 0 heterocycles. The van der Waals surface area contributed by atoms with Gasteiger partial charge in [-0.05, 0) is 49.9 Å². The van der Waals surface area contributed by atoms with Crippen LogP contribution >= 0.6 is 0 Å². The topological polar surface area (TPSA) is 68.3 Å². The fourth-order valence-corrected chi connectivity index (χ4v) is 5.09. The third-order valence-corrected chi connectivity index (χ3v) is 6.98. The lowest BCUT2D eigenvalue weighted by atomic mass is 9.80. The number of aryl methyl sites for hydroxylation is 4. The molecule has 0 N–H and O–H groups in total. The van der Waals surface area contributed by atoms with Crippen molar-refractivity contribution in [3.8, 4) is 0 Å². The van der Waals surface area contributed by atoms with E-state index < -0.39 is 0 Å². The van der Waals surface area contributed by atoms with Gasteiger partial charge in [-0.2, -0.15) is 0 Å². The van der Waals surface area contributed by atoms with E-state index in [0.29, 0.717) is 44.5 Å². The number of hydrogen-bond acceptors (Lipinski definition) is 4. The van der Waals surface area contributed by atoms with Gasteiger partial charge in [-0.1, -0.05) is 72.8 Å². The molecule has 0 amide bonds. The van der Waals surface area contributed by atoms with E-state index in [2.05, 4.69) is 0 Å². The minimum Gasteiger partial charge on any atom is -0.289 e. The highest BCUT2D eigenvalue weighted by Crippen LogP contribution is 2.32. The molecule has 0 aromatic heterocycles. The highest BCUT2D eigenvalue weighted by Gasteiger charge is 2.32. The molecule has 4 nitrogen and oxygen atoms in total. The molecule has 4 aromatic rings. The zero-order valence-corrected chi connectivity index (χ0v) is 20.6. The van der Waals surface area contributed by atoms with Gasteiger partial charge in [0.25, 0.3) is 0 Å². The molecule has 6 rings (SSSR count). The predicted molar refractivity (Wildman–Crippen MR) is 138 cm³/mol. The molecule has 2 aliphatic carbocycles. The van der Waals surface area contributed by atoms with Gasteiger partial charge in [0.2, 0.25) is 0 Å². The molecule has 0 bridgehead atoms. The quantitative estimate of drug-likeness (QED) is 0.266. The Morgan fingerprint density at radius 2 is 0.528 bits per heavy atom. The Morgan fingerprint density at radius 1 is 0.333 bits per heavy atom. The Kier molecular flexibility index (Phi) is 5.60. The van der Waals surface area contributed by atoms with Crippen LogP contribution < -0.4 is 0 Å². The fourth-order valence-electron chi connectivity index (χ4n) is 5.09. The van der Waals surface area contributed by atoms with Gasteiger partial charge in [0.05, 0.1) is 0 Å². The first-order chi connectivity index (χ1) is 17.2. The van der Waals surface area contributed by atoms with Crippen molar-refractivity contribution < 1.29 is 19.2 Å². The van der Waals surface area contributed by atoms with Crippen molar-refractivity contribution >= 4 is 23.1 Å². The number of carbonyl (C=O) groups excluding carboxylic acids is 4. The molecule has 36 heavy (non-hydrogen) atoms.